The van der Waals surface area contributed by atoms with Crippen molar-refractivity contribution in [3.63, 3.8) is 0 Å². The summed E-state index contributed by atoms with van der Waals surface area (Å²) in [4.78, 5) is 0. The first-order chi connectivity index (χ1) is 25.2. The first-order valence-electron chi connectivity index (χ1n) is 20.3. The van der Waals surface area contributed by atoms with Gasteiger partial charge in [-0.3, -0.25) is 0 Å². The van der Waals surface area contributed by atoms with Crippen LogP contribution in [0.25, 0.3) is 11.1 Å². The van der Waals surface area contributed by atoms with Crippen LogP contribution in [0.2, 0.25) is 0 Å². The van der Waals surface area contributed by atoms with E-state index in [1.807, 2.05) is 0 Å². The molecule has 288 valence electrons. The van der Waals surface area contributed by atoms with Crippen molar-refractivity contribution < 1.29 is 49.0 Å². The second kappa shape index (κ2) is 17.6. The van der Waals surface area contributed by atoms with Crippen LogP contribution in [0.1, 0.15) is 130 Å². The van der Waals surface area contributed by atoms with E-state index in [1.54, 1.807) is 49.7 Å². The molecule has 0 aromatic heterocycles. The Bertz CT molecular complexity index is 1920. The normalized spacial score (nSPS) is 21.5. The Balaban J connectivity index is 0.000000158. The van der Waals surface area contributed by atoms with Crippen LogP contribution in [0, 0.1) is 43.1 Å². The van der Waals surface area contributed by atoms with Crippen molar-refractivity contribution >= 4 is 3.21 Å². The first-order valence-corrected chi connectivity index (χ1v) is 21.5. The zero-order valence-corrected chi connectivity index (χ0v) is 38.4. The van der Waals surface area contributed by atoms with Crippen LogP contribution in [0.4, 0.5) is 0 Å². The van der Waals surface area contributed by atoms with Crippen LogP contribution >= 0.6 is 0 Å². The van der Waals surface area contributed by atoms with Gasteiger partial charge in [0.05, 0.1) is 0 Å². The van der Waals surface area contributed by atoms with Crippen molar-refractivity contribution in [1.82, 2.24) is 0 Å². The molecule has 5 aliphatic carbocycles. The number of fused-ring (bicyclic) bond motifs is 3. The van der Waals surface area contributed by atoms with Crippen molar-refractivity contribution in [1.29, 1.82) is 0 Å². The summed E-state index contributed by atoms with van der Waals surface area (Å²) in [5, 5.41) is 0. The van der Waals surface area contributed by atoms with E-state index in [2.05, 4.69) is 165 Å². The van der Waals surface area contributed by atoms with E-state index >= 15 is 0 Å². The predicted octanol–water partition coefficient (Wildman–Crippen LogP) is 7.24. The Kier molecular flexibility index (Phi) is 14.0. The molecule has 4 fully saturated rings. The van der Waals surface area contributed by atoms with Crippen LogP contribution in [0.5, 0.6) is 0 Å². The number of aryl methyl sites for hydroxylation is 2. The summed E-state index contributed by atoms with van der Waals surface area (Å²) < 4.78 is 1.42. The second-order valence-electron chi connectivity index (χ2n) is 19.3. The molecule has 5 aromatic rings. The van der Waals surface area contributed by atoms with Crippen LogP contribution in [-0.2, 0) is 47.9 Å². The van der Waals surface area contributed by atoms with E-state index in [0.717, 1.165) is 24.2 Å². The SMILES string of the molecule is CC(C)(C)c1c[c-]c2c(c1)-c1cc(C(C)(C)C)ccc1C2.Cc1cc(CC23CC4CC(CC(C4)C2)C3)c(C)[cH-]1.[Cl-].[Cl-].[Zr+2]=[C](c1ccccc1)c1ccccc1. The van der Waals surface area contributed by atoms with Crippen molar-refractivity contribution in [2.45, 2.75) is 118 Å². The van der Waals surface area contributed by atoms with Gasteiger partial charge in [-0.1, -0.05) is 96.6 Å². The average molecular weight is 847 g/mol. The molecule has 5 aromatic carbocycles. The molecule has 10 rings (SSSR count). The Labute approximate surface area is 360 Å². The summed E-state index contributed by atoms with van der Waals surface area (Å²) in [6, 6.07) is 41.0. The summed E-state index contributed by atoms with van der Waals surface area (Å²) >= 11 is 1.46. The predicted molar refractivity (Wildman–Crippen MR) is 223 cm³/mol. The van der Waals surface area contributed by atoms with E-state index in [1.165, 1.54) is 83.9 Å². The quantitative estimate of drug-likeness (QED) is 0.164. The van der Waals surface area contributed by atoms with Gasteiger partial charge >= 0.3 is 99.2 Å². The van der Waals surface area contributed by atoms with Crippen molar-refractivity contribution in [3.05, 3.63) is 159 Å². The zero-order valence-electron chi connectivity index (χ0n) is 34.5. The van der Waals surface area contributed by atoms with E-state index in [0.29, 0.717) is 5.41 Å². The summed E-state index contributed by atoms with van der Waals surface area (Å²) in [6.45, 7) is 18.2. The van der Waals surface area contributed by atoms with E-state index < -0.39 is 0 Å². The van der Waals surface area contributed by atoms with Crippen molar-refractivity contribution in [2.24, 2.45) is 23.2 Å². The maximum absolute atomic E-state index is 3.53. The molecule has 5 aliphatic rings. The van der Waals surface area contributed by atoms with Gasteiger partial charge in [-0.25, -0.2) is 6.07 Å². The fourth-order valence-electron chi connectivity index (χ4n) is 10.3. The minimum absolute atomic E-state index is 0. The van der Waals surface area contributed by atoms with Gasteiger partial charge in [0.25, 0.3) is 0 Å². The molecule has 0 heterocycles. The molecular formula is C52H60Cl2Zr-2. The van der Waals surface area contributed by atoms with Gasteiger partial charge in [0.1, 0.15) is 0 Å². The number of rotatable bonds is 4. The molecule has 0 aliphatic heterocycles. The molecule has 4 saturated carbocycles. The van der Waals surface area contributed by atoms with Gasteiger partial charge in [-0.15, -0.1) is 5.56 Å². The Morgan fingerprint density at radius 2 is 1.20 bits per heavy atom. The molecule has 0 radical (unpaired) electrons. The molecule has 0 amide bonds. The van der Waals surface area contributed by atoms with E-state index in [4.69, 9.17) is 0 Å². The van der Waals surface area contributed by atoms with Gasteiger partial charge < -0.3 is 24.8 Å². The second-order valence-corrected chi connectivity index (χ2v) is 20.5. The minimum atomic E-state index is 0. The standard InChI is InChI=1S/C21H25.C18H25.C13H10.2ClH.Zr/c1-20(2,3)16-9-7-14-11-15-8-10-17(21(4,5)6)13-19(15)18(14)12-16;1-12-3-13(2)17(4-12)11-18-8-14-5-15(9-18)7-16(6-14)10-18;1-3-7-12(8-4-1)11-13-9-5-2-6-10-13;;;/h7,9-10,12-13H,11H2,1-6H3;3-4,14-16H,5-11H2,1-2H3;1-10H;2*1H;/q2*-1;;;;+2/p-2. The molecule has 3 heteroatoms. The third kappa shape index (κ3) is 10.2. The fourth-order valence-corrected chi connectivity index (χ4v) is 11.1. The third-order valence-corrected chi connectivity index (χ3v) is 14.2. The average Bonchev–Trinajstić information content (AvgIpc) is 3.64. The molecule has 55 heavy (non-hydrogen) atoms. The first kappa shape index (κ1) is 43.7. The molecule has 0 atom stereocenters. The molecule has 0 spiro atoms. The van der Waals surface area contributed by atoms with Crippen molar-refractivity contribution in [2.75, 3.05) is 0 Å². The summed E-state index contributed by atoms with van der Waals surface area (Å²) in [6.07, 6.45) is 11.7. The maximum atomic E-state index is 3.53. The Hall–Kier alpha value is -2.44. The third-order valence-electron chi connectivity index (χ3n) is 12.7. The summed E-state index contributed by atoms with van der Waals surface area (Å²) in [5.74, 6) is 3.27. The monoisotopic (exact) mass is 844 g/mol. The van der Waals surface area contributed by atoms with Crippen LogP contribution in [-0.4, -0.2) is 3.21 Å². The number of halogens is 2. The van der Waals surface area contributed by atoms with Gasteiger partial charge in [-0.05, 0) is 79.1 Å². The molecule has 4 bridgehead atoms. The number of benzene rings is 4. The summed E-state index contributed by atoms with van der Waals surface area (Å²) in [7, 11) is 0. The molecule has 0 unspecified atom stereocenters. The van der Waals surface area contributed by atoms with Crippen molar-refractivity contribution in [3.8, 4) is 11.1 Å². The molecular weight excluding hydrogens is 787 g/mol. The van der Waals surface area contributed by atoms with Crippen LogP contribution in [0.15, 0.2) is 103 Å². The van der Waals surface area contributed by atoms with Crippen LogP contribution < -0.4 is 24.8 Å². The van der Waals surface area contributed by atoms with Crippen LogP contribution in [0.3, 0.4) is 0 Å². The molecule has 0 N–H and O–H groups in total. The Morgan fingerprint density at radius 1 is 0.691 bits per heavy atom. The summed E-state index contributed by atoms with van der Waals surface area (Å²) in [5.41, 5.74) is 16.8. The number of hydrogen-bond donors (Lipinski definition) is 0. The molecule has 0 saturated heterocycles. The Morgan fingerprint density at radius 3 is 1.67 bits per heavy atom. The topological polar surface area (TPSA) is 0 Å². The zero-order chi connectivity index (χ0) is 37.5. The van der Waals surface area contributed by atoms with Gasteiger partial charge in [0.15, 0.2) is 0 Å². The van der Waals surface area contributed by atoms with Gasteiger partial charge in [0.2, 0.25) is 0 Å². The molecule has 0 nitrogen and oxygen atoms in total. The van der Waals surface area contributed by atoms with E-state index in [9.17, 15) is 0 Å². The van der Waals surface area contributed by atoms with E-state index in [-0.39, 0.29) is 35.6 Å². The van der Waals surface area contributed by atoms with Gasteiger partial charge in [0, 0.05) is 0 Å². The fraction of sp³-hybridized carbons (Fsp3) is 0.423. The van der Waals surface area contributed by atoms with Gasteiger partial charge in [-0.2, -0.15) is 52.1 Å². The number of hydrogen-bond acceptors (Lipinski definition) is 0.